The number of fused-ring (bicyclic) bond motifs is 3. The number of nitrogens with zero attached hydrogens (tertiary/aromatic N) is 4. The fourth-order valence-electron chi connectivity index (χ4n) is 3.34. The Morgan fingerprint density at radius 3 is 2.63 bits per heavy atom. The zero-order valence-electron chi connectivity index (χ0n) is 17.0. The van der Waals surface area contributed by atoms with Gasteiger partial charge in [-0.15, -0.1) is 10.2 Å². The molecule has 2 aromatic heterocycles. The van der Waals surface area contributed by atoms with Crippen LogP contribution in [0.15, 0.2) is 58.5 Å². The molecule has 0 fully saturated rings. The molecule has 0 bridgehead atoms. The molecule has 2 heterocycles. The summed E-state index contributed by atoms with van der Waals surface area (Å²) in [4.78, 5) is 25.2. The van der Waals surface area contributed by atoms with Crippen LogP contribution < -0.4 is 10.9 Å². The predicted molar refractivity (Wildman–Crippen MR) is 119 cm³/mol. The quantitative estimate of drug-likeness (QED) is 0.464. The number of aryl methyl sites for hydroxylation is 2. The molecular formula is C22H23N5O2S. The van der Waals surface area contributed by atoms with Crippen LogP contribution >= 0.6 is 11.8 Å². The number of carbonyl (C=O) groups excluding carboxylic acids is 1. The highest BCUT2D eigenvalue weighted by atomic mass is 32.2. The molecule has 1 N–H and O–H groups in total. The van der Waals surface area contributed by atoms with Gasteiger partial charge in [0.1, 0.15) is 0 Å². The molecule has 0 saturated heterocycles. The maximum absolute atomic E-state index is 12.9. The van der Waals surface area contributed by atoms with E-state index in [1.54, 1.807) is 4.57 Å². The van der Waals surface area contributed by atoms with Crippen LogP contribution in [-0.4, -0.2) is 30.8 Å². The molecule has 4 rings (SSSR count). The molecule has 8 heteroatoms. The lowest BCUT2D eigenvalue weighted by Crippen LogP contribution is -2.25. The first-order valence-electron chi connectivity index (χ1n) is 9.90. The van der Waals surface area contributed by atoms with E-state index in [2.05, 4.69) is 15.5 Å². The van der Waals surface area contributed by atoms with Crippen molar-refractivity contribution >= 4 is 34.3 Å². The van der Waals surface area contributed by atoms with Crippen molar-refractivity contribution in [2.24, 2.45) is 0 Å². The number of rotatable bonds is 7. The van der Waals surface area contributed by atoms with Crippen LogP contribution in [-0.2, 0) is 17.9 Å². The molecule has 30 heavy (non-hydrogen) atoms. The van der Waals surface area contributed by atoms with Gasteiger partial charge in [-0.1, -0.05) is 60.6 Å². The van der Waals surface area contributed by atoms with Gasteiger partial charge in [-0.2, -0.15) is 0 Å². The highest BCUT2D eigenvalue weighted by Crippen LogP contribution is 2.21. The van der Waals surface area contributed by atoms with Crippen molar-refractivity contribution in [1.29, 1.82) is 0 Å². The summed E-state index contributed by atoms with van der Waals surface area (Å²) in [5.74, 6) is 0.639. The minimum Gasteiger partial charge on any atom is -0.351 e. The number of para-hydroxylation sites is 1. The molecule has 0 spiro atoms. The van der Waals surface area contributed by atoms with Crippen LogP contribution in [0.1, 0.15) is 24.5 Å². The molecule has 7 nitrogen and oxygen atoms in total. The molecule has 0 radical (unpaired) electrons. The highest BCUT2D eigenvalue weighted by Gasteiger charge is 2.17. The molecule has 0 aliphatic carbocycles. The molecule has 1 amide bonds. The summed E-state index contributed by atoms with van der Waals surface area (Å²) in [5, 5.41) is 12.7. The van der Waals surface area contributed by atoms with Gasteiger partial charge in [0.05, 0.1) is 16.7 Å². The Morgan fingerprint density at radius 1 is 1.10 bits per heavy atom. The lowest BCUT2D eigenvalue weighted by Gasteiger charge is -2.10. The summed E-state index contributed by atoms with van der Waals surface area (Å²) in [6, 6.07) is 15.5. The number of hydrogen-bond acceptors (Lipinski definition) is 5. The van der Waals surface area contributed by atoms with Gasteiger partial charge in [0, 0.05) is 13.1 Å². The van der Waals surface area contributed by atoms with Crippen molar-refractivity contribution in [3.63, 3.8) is 0 Å². The van der Waals surface area contributed by atoms with Crippen LogP contribution in [0.2, 0.25) is 0 Å². The van der Waals surface area contributed by atoms with E-state index in [9.17, 15) is 9.59 Å². The van der Waals surface area contributed by atoms with Gasteiger partial charge in [-0.25, -0.2) is 0 Å². The van der Waals surface area contributed by atoms with E-state index in [1.165, 1.54) is 17.3 Å². The van der Waals surface area contributed by atoms with E-state index in [0.717, 1.165) is 17.5 Å². The summed E-state index contributed by atoms with van der Waals surface area (Å²) in [7, 11) is 0. The Balaban J connectivity index is 1.56. The number of benzene rings is 2. The summed E-state index contributed by atoms with van der Waals surface area (Å²) in [6.45, 7) is 5.10. The molecule has 0 saturated carbocycles. The minimum absolute atomic E-state index is 0.0697. The fraction of sp³-hybridized carbons (Fsp3) is 0.273. The Kier molecular flexibility index (Phi) is 5.85. The molecule has 0 unspecified atom stereocenters. The van der Waals surface area contributed by atoms with Gasteiger partial charge in [0.25, 0.3) is 5.56 Å². The molecule has 0 aliphatic rings. The van der Waals surface area contributed by atoms with Gasteiger partial charge < -0.3 is 5.32 Å². The van der Waals surface area contributed by atoms with Gasteiger partial charge in [0.15, 0.2) is 5.16 Å². The van der Waals surface area contributed by atoms with Crippen LogP contribution in [0.4, 0.5) is 0 Å². The first-order valence-corrected chi connectivity index (χ1v) is 10.9. The molecule has 0 aliphatic heterocycles. The lowest BCUT2D eigenvalue weighted by molar-refractivity contribution is -0.118. The van der Waals surface area contributed by atoms with Crippen molar-refractivity contribution < 1.29 is 4.79 Å². The van der Waals surface area contributed by atoms with Gasteiger partial charge in [0.2, 0.25) is 11.7 Å². The van der Waals surface area contributed by atoms with Gasteiger partial charge >= 0.3 is 0 Å². The standard InChI is InChI=1S/C22H23N5O2S/c1-3-12-26-20(29)17-6-4-5-7-18(17)27-21(26)24-25-22(27)30-14-19(28)23-13-16-10-8-15(2)9-11-16/h4-11H,3,12-14H2,1-2H3,(H,23,28). The average Bonchev–Trinajstić information content (AvgIpc) is 3.19. The monoisotopic (exact) mass is 421 g/mol. The van der Waals surface area contributed by atoms with Crippen molar-refractivity contribution in [3.05, 3.63) is 70.0 Å². The maximum atomic E-state index is 12.9. The van der Waals surface area contributed by atoms with Crippen LogP contribution in [0, 0.1) is 6.92 Å². The topological polar surface area (TPSA) is 81.3 Å². The van der Waals surface area contributed by atoms with Gasteiger partial charge in [-0.3, -0.25) is 18.6 Å². The van der Waals surface area contributed by atoms with Crippen molar-refractivity contribution in [2.45, 2.75) is 38.5 Å². The summed E-state index contributed by atoms with van der Waals surface area (Å²) < 4.78 is 3.52. The normalized spacial score (nSPS) is 11.3. The van der Waals surface area contributed by atoms with E-state index >= 15 is 0 Å². The molecule has 4 aromatic rings. The average molecular weight is 422 g/mol. The van der Waals surface area contributed by atoms with Crippen molar-refractivity contribution in [3.8, 4) is 0 Å². The highest BCUT2D eigenvalue weighted by molar-refractivity contribution is 7.99. The maximum Gasteiger partial charge on any atom is 0.262 e. The fourth-order valence-corrected chi connectivity index (χ4v) is 4.11. The Bertz CT molecular complexity index is 1260. The molecule has 2 aromatic carbocycles. The Hall–Kier alpha value is -3.13. The van der Waals surface area contributed by atoms with Crippen LogP contribution in [0.25, 0.3) is 16.7 Å². The van der Waals surface area contributed by atoms with E-state index in [-0.39, 0.29) is 17.2 Å². The van der Waals surface area contributed by atoms with Crippen LogP contribution in [0.3, 0.4) is 0 Å². The van der Waals surface area contributed by atoms with E-state index < -0.39 is 0 Å². The van der Waals surface area contributed by atoms with Crippen molar-refractivity contribution in [2.75, 3.05) is 5.75 Å². The summed E-state index contributed by atoms with van der Waals surface area (Å²) >= 11 is 1.31. The molecular weight excluding hydrogens is 398 g/mol. The zero-order valence-corrected chi connectivity index (χ0v) is 17.8. The summed E-state index contributed by atoms with van der Waals surface area (Å²) in [5.41, 5.74) is 2.92. The number of amides is 1. The van der Waals surface area contributed by atoms with E-state index in [4.69, 9.17) is 0 Å². The lowest BCUT2D eigenvalue weighted by atomic mass is 10.1. The Labute approximate surface area is 178 Å². The minimum atomic E-state index is -0.0801. The third-order valence-corrected chi connectivity index (χ3v) is 5.80. The van der Waals surface area contributed by atoms with Gasteiger partial charge in [-0.05, 0) is 31.0 Å². The third kappa shape index (κ3) is 3.95. The second kappa shape index (κ2) is 8.71. The number of hydrogen-bond donors (Lipinski definition) is 1. The SMILES string of the molecule is CCCn1c(=O)c2ccccc2n2c(SCC(=O)NCc3ccc(C)cc3)nnc12. The number of carbonyl (C=O) groups is 1. The second-order valence-electron chi connectivity index (χ2n) is 7.14. The first kappa shape index (κ1) is 20.2. The largest absolute Gasteiger partial charge is 0.351 e. The zero-order chi connectivity index (χ0) is 21.1. The second-order valence-corrected chi connectivity index (χ2v) is 8.09. The molecule has 154 valence electrons. The van der Waals surface area contributed by atoms with E-state index in [0.29, 0.717) is 29.4 Å². The predicted octanol–water partition coefficient (Wildman–Crippen LogP) is 3.17. The van der Waals surface area contributed by atoms with Crippen molar-refractivity contribution in [1.82, 2.24) is 24.5 Å². The first-order chi connectivity index (χ1) is 14.6. The number of thioether (sulfide) groups is 1. The van der Waals surface area contributed by atoms with E-state index in [1.807, 2.05) is 66.8 Å². The summed E-state index contributed by atoms with van der Waals surface area (Å²) in [6.07, 6.45) is 0.810. The number of aromatic nitrogens is 4. The molecule has 0 atom stereocenters. The number of nitrogens with one attached hydrogen (secondary N) is 1. The van der Waals surface area contributed by atoms with Crippen LogP contribution in [0.5, 0.6) is 0 Å². The smallest absolute Gasteiger partial charge is 0.262 e. The Morgan fingerprint density at radius 2 is 1.87 bits per heavy atom. The third-order valence-electron chi connectivity index (χ3n) is 4.87.